The molecule has 1 heterocycles. The fourth-order valence-corrected chi connectivity index (χ4v) is 2.12. The Bertz CT molecular complexity index is 381. The van der Waals surface area contributed by atoms with E-state index in [0.717, 1.165) is 36.3 Å². The lowest BCUT2D eigenvalue weighted by molar-refractivity contribution is -0.0848. The highest BCUT2D eigenvalue weighted by atomic mass is 16.5. The molecule has 4 nitrogen and oxygen atoms in total. The molecule has 0 unspecified atom stereocenters. The van der Waals surface area contributed by atoms with Crippen molar-refractivity contribution in [1.29, 1.82) is 0 Å². The van der Waals surface area contributed by atoms with Gasteiger partial charge in [-0.2, -0.15) is 0 Å². The minimum Gasteiger partial charge on any atom is -0.389 e. The maximum Gasteiger partial charge on any atom is 0.160 e. The first-order valence-electron chi connectivity index (χ1n) is 5.66. The third kappa shape index (κ3) is 1.72. The zero-order valence-electron chi connectivity index (χ0n) is 10.0. The van der Waals surface area contributed by atoms with Crippen LogP contribution in [0, 0.1) is 6.92 Å². The summed E-state index contributed by atoms with van der Waals surface area (Å²) < 4.78 is 5.53. The number of aromatic nitrogens is 2. The fourth-order valence-electron chi connectivity index (χ4n) is 2.12. The van der Waals surface area contributed by atoms with E-state index < -0.39 is 6.10 Å². The highest BCUT2D eigenvalue weighted by Crippen LogP contribution is 2.42. The molecule has 0 amide bonds. The average molecular weight is 222 g/mol. The summed E-state index contributed by atoms with van der Waals surface area (Å²) in [4.78, 5) is 8.79. The normalized spacial score (nSPS) is 20.2. The predicted octanol–water partition coefficient (Wildman–Crippen LogP) is 1.86. The van der Waals surface area contributed by atoms with Crippen molar-refractivity contribution >= 4 is 0 Å². The van der Waals surface area contributed by atoms with Gasteiger partial charge in [-0.05, 0) is 33.1 Å². The standard InChI is InChI=1S/C12H18N2O2/c1-8-10(9(2)15)7-13-11(14-8)12(16-3)5-4-6-12/h7,9,15H,4-6H2,1-3H3/t9-/m1/s1. The molecule has 1 fully saturated rings. The van der Waals surface area contributed by atoms with Crippen LogP contribution in [0.15, 0.2) is 6.20 Å². The number of methoxy groups -OCH3 is 1. The largest absolute Gasteiger partial charge is 0.389 e. The molecule has 0 aliphatic heterocycles. The van der Waals surface area contributed by atoms with Crippen LogP contribution < -0.4 is 0 Å². The Morgan fingerprint density at radius 3 is 2.56 bits per heavy atom. The second kappa shape index (κ2) is 4.11. The van der Waals surface area contributed by atoms with Gasteiger partial charge in [0.1, 0.15) is 5.60 Å². The van der Waals surface area contributed by atoms with E-state index in [1.807, 2.05) is 6.92 Å². The molecule has 1 aliphatic rings. The molecule has 1 N–H and O–H groups in total. The van der Waals surface area contributed by atoms with Crippen molar-refractivity contribution in [1.82, 2.24) is 9.97 Å². The van der Waals surface area contributed by atoms with Crippen LogP contribution in [0.1, 0.15) is 49.4 Å². The topological polar surface area (TPSA) is 55.2 Å². The highest BCUT2D eigenvalue weighted by molar-refractivity contribution is 5.21. The van der Waals surface area contributed by atoms with E-state index >= 15 is 0 Å². The van der Waals surface area contributed by atoms with Crippen LogP contribution in [0.2, 0.25) is 0 Å². The Labute approximate surface area is 95.7 Å². The van der Waals surface area contributed by atoms with Crippen molar-refractivity contribution in [2.75, 3.05) is 7.11 Å². The van der Waals surface area contributed by atoms with Crippen molar-refractivity contribution < 1.29 is 9.84 Å². The third-order valence-corrected chi connectivity index (χ3v) is 3.43. The summed E-state index contributed by atoms with van der Waals surface area (Å²) in [5.74, 6) is 0.753. The van der Waals surface area contributed by atoms with Gasteiger partial charge in [0.2, 0.25) is 0 Å². The van der Waals surface area contributed by atoms with Gasteiger partial charge in [0.25, 0.3) is 0 Å². The molecule has 1 aromatic rings. The van der Waals surface area contributed by atoms with Crippen LogP contribution in [0.4, 0.5) is 0 Å². The number of aryl methyl sites for hydroxylation is 1. The number of ether oxygens (including phenoxy) is 1. The first kappa shape index (κ1) is 11.5. The second-order valence-electron chi connectivity index (χ2n) is 4.46. The van der Waals surface area contributed by atoms with Crippen LogP contribution >= 0.6 is 0 Å². The summed E-state index contributed by atoms with van der Waals surface area (Å²) in [5.41, 5.74) is 1.35. The molecule has 0 aromatic carbocycles. The first-order valence-corrected chi connectivity index (χ1v) is 5.66. The molecule has 0 bridgehead atoms. The Morgan fingerprint density at radius 2 is 2.19 bits per heavy atom. The quantitative estimate of drug-likeness (QED) is 0.848. The monoisotopic (exact) mass is 222 g/mol. The van der Waals surface area contributed by atoms with Gasteiger partial charge in [-0.1, -0.05) is 0 Å². The van der Waals surface area contributed by atoms with Gasteiger partial charge in [0.05, 0.1) is 6.10 Å². The average Bonchev–Trinajstić information content (AvgIpc) is 2.16. The Hall–Kier alpha value is -1.00. The van der Waals surface area contributed by atoms with E-state index in [-0.39, 0.29) is 5.60 Å². The van der Waals surface area contributed by atoms with Gasteiger partial charge in [-0.3, -0.25) is 0 Å². The predicted molar refractivity (Wildman–Crippen MR) is 59.9 cm³/mol. The van der Waals surface area contributed by atoms with Gasteiger partial charge >= 0.3 is 0 Å². The van der Waals surface area contributed by atoms with E-state index in [1.54, 1.807) is 20.2 Å². The molecule has 4 heteroatoms. The van der Waals surface area contributed by atoms with E-state index in [2.05, 4.69) is 9.97 Å². The number of hydrogen-bond donors (Lipinski definition) is 1. The van der Waals surface area contributed by atoms with Gasteiger partial charge in [-0.15, -0.1) is 0 Å². The summed E-state index contributed by atoms with van der Waals surface area (Å²) in [6.45, 7) is 3.62. The van der Waals surface area contributed by atoms with Crippen LogP contribution in [0.5, 0.6) is 0 Å². The van der Waals surface area contributed by atoms with Crippen molar-refractivity contribution in [3.63, 3.8) is 0 Å². The summed E-state index contributed by atoms with van der Waals surface area (Å²) in [6.07, 6.45) is 4.32. The lowest BCUT2D eigenvalue weighted by atomic mass is 9.79. The van der Waals surface area contributed by atoms with Crippen LogP contribution in [0.25, 0.3) is 0 Å². The molecule has 1 aromatic heterocycles. The zero-order chi connectivity index (χ0) is 11.8. The number of rotatable bonds is 3. The molecule has 1 saturated carbocycles. The number of aliphatic hydroxyl groups is 1. The minimum absolute atomic E-state index is 0.276. The number of nitrogens with zero attached hydrogens (tertiary/aromatic N) is 2. The minimum atomic E-state index is -0.520. The molecule has 88 valence electrons. The maximum atomic E-state index is 9.52. The van der Waals surface area contributed by atoms with Crippen LogP contribution in [-0.2, 0) is 10.3 Å². The Kier molecular flexibility index (Phi) is 2.95. The number of aliphatic hydroxyl groups excluding tert-OH is 1. The molecule has 1 aliphatic carbocycles. The Balaban J connectivity index is 2.34. The maximum absolute atomic E-state index is 9.52. The SMILES string of the molecule is COC1(c2ncc([C@@H](C)O)c(C)n2)CCC1. The molecular weight excluding hydrogens is 204 g/mol. The first-order chi connectivity index (χ1) is 7.59. The Morgan fingerprint density at radius 1 is 1.50 bits per heavy atom. The van der Waals surface area contributed by atoms with Crippen molar-refractivity contribution in [2.24, 2.45) is 0 Å². The second-order valence-corrected chi connectivity index (χ2v) is 4.46. The van der Waals surface area contributed by atoms with Crippen LogP contribution in [-0.4, -0.2) is 22.2 Å². The van der Waals surface area contributed by atoms with E-state index in [1.165, 1.54) is 0 Å². The summed E-state index contributed by atoms with van der Waals surface area (Å²) in [7, 11) is 1.71. The van der Waals surface area contributed by atoms with Gasteiger partial charge < -0.3 is 9.84 Å². The van der Waals surface area contributed by atoms with Crippen molar-refractivity contribution in [3.8, 4) is 0 Å². The van der Waals surface area contributed by atoms with E-state index in [4.69, 9.17) is 4.74 Å². The zero-order valence-corrected chi connectivity index (χ0v) is 10.0. The lowest BCUT2D eigenvalue weighted by Gasteiger charge is -2.38. The van der Waals surface area contributed by atoms with E-state index in [9.17, 15) is 5.11 Å². The van der Waals surface area contributed by atoms with Crippen molar-refractivity contribution in [3.05, 3.63) is 23.3 Å². The third-order valence-electron chi connectivity index (χ3n) is 3.43. The molecule has 2 rings (SSSR count). The van der Waals surface area contributed by atoms with Gasteiger partial charge in [0.15, 0.2) is 5.82 Å². The van der Waals surface area contributed by atoms with Crippen molar-refractivity contribution in [2.45, 2.75) is 44.8 Å². The molecule has 0 radical (unpaired) electrons. The van der Waals surface area contributed by atoms with Gasteiger partial charge in [-0.25, -0.2) is 9.97 Å². The molecular formula is C12H18N2O2. The van der Waals surface area contributed by atoms with Gasteiger partial charge in [0, 0.05) is 24.6 Å². The molecule has 1 atom stereocenters. The number of hydrogen-bond acceptors (Lipinski definition) is 4. The fraction of sp³-hybridized carbons (Fsp3) is 0.667. The summed E-state index contributed by atoms with van der Waals surface area (Å²) >= 11 is 0. The summed E-state index contributed by atoms with van der Waals surface area (Å²) in [5, 5.41) is 9.52. The van der Waals surface area contributed by atoms with E-state index in [0.29, 0.717) is 0 Å². The molecule has 0 spiro atoms. The molecule has 0 saturated heterocycles. The lowest BCUT2D eigenvalue weighted by Crippen LogP contribution is -2.38. The van der Waals surface area contributed by atoms with Crippen LogP contribution in [0.3, 0.4) is 0 Å². The summed E-state index contributed by atoms with van der Waals surface area (Å²) in [6, 6.07) is 0. The molecule has 16 heavy (non-hydrogen) atoms. The smallest absolute Gasteiger partial charge is 0.160 e. The highest BCUT2D eigenvalue weighted by Gasteiger charge is 2.41.